The highest BCUT2D eigenvalue weighted by atomic mass is 16.5. The minimum atomic E-state index is -0.922. The monoisotopic (exact) mass is 193 g/mol. The number of rotatable bonds is 5. The van der Waals surface area contributed by atoms with E-state index in [-0.39, 0.29) is 5.56 Å². The van der Waals surface area contributed by atoms with Crippen LogP contribution in [0.5, 0.6) is 5.75 Å². The number of carbonyl (C=O) groups is 1. The summed E-state index contributed by atoms with van der Waals surface area (Å²) in [5.41, 5.74) is 0.271. The second-order valence-corrected chi connectivity index (χ2v) is 2.90. The molecule has 1 aromatic rings. The number of carboxylic acid groups (broad SMARTS) is 1. The molecule has 14 heavy (non-hydrogen) atoms. The fourth-order valence-corrected chi connectivity index (χ4v) is 0.949. The lowest BCUT2D eigenvalue weighted by Gasteiger charge is -2.03. The Hall–Kier alpha value is -1.51. The van der Waals surface area contributed by atoms with Gasteiger partial charge in [-0.15, -0.1) is 0 Å². The number of hydrogen-bond donors (Lipinski definition) is 1. The van der Waals surface area contributed by atoms with Crippen LogP contribution >= 0.6 is 0 Å². The summed E-state index contributed by atoms with van der Waals surface area (Å²) in [6.07, 6.45) is 1.92. The molecular weight excluding hydrogens is 180 g/mol. The molecule has 0 saturated heterocycles. The van der Waals surface area contributed by atoms with Crippen molar-refractivity contribution >= 4 is 5.97 Å². The van der Waals surface area contributed by atoms with Gasteiger partial charge in [-0.25, -0.2) is 4.79 Å². The molecule has 0 atom stereocenters. The number of unbranched alkanes of at least 4 members (excludes halogenated alkanes) is 1. The highest BCUT2D eigenvalue weighted by molar-refractivity contribution is 5.87. The van der Waals surface area contributed by atoms with Crippen LogP contribution in [0.3, 0.4) is 0 Å². The molecular formula is C11H13O3. The molecule has 1 rings (SSSR count). The molecule has 0 fully saturated rings. The molecule has 0 amide bonds. The first-order valence-corrected chi connectivity index (χ1v) is 4.55. The lowest BCUT2D eigenvalue weighted by Crippen LogP contribution is -1.96. The van der Waals surface area contributed by atoms with Crippen molar-refractivity contribution in [1.29, 1.82) is 0 Å². The third-order valence-corrected chi connectivity index (χ3v) is 1.73. The zero-order valence-corrected chi connectivity index (χ0v) is 8.06. The minimum Gasteiger partial charge on any atom is -0.487 e. The predicted octanol–water partition coefficient (Wildman–Crippen LogP) is 2.73. The zero-order chi connectivity index (χ0) is 10.4. The molecule has 1 aromatic carbocycles. The van der Waals surface area contributed by atoms with Crippen molar-refractivity contribution in [3.8, 4) is 5.75 Å². The van der Waals surface area contributed by atoms with Gasteiger partial charge in [0.25, 0.3) is 0 Å². The molecule has 0 aliphatic heterocycles. The van der Waals surface area contributed by atoms with E-state index in [0.29, 0.717) is 5.75 Å². The Morgan fingerprint density at radius 1 is 1.43 bits per heavy atom. The van der Waals surface area contributed by atoms with Crippen molar-refractivity contribution < 1.29 is 14.6 Å². The third-order valence-electron chi connectivity index (χ3n) is 1.73. The van der Waals surface area contributed by atoms with Gasteiger partial charge in [0.1, 0.15) is 12.4 Å². The van der Waals surface area contributed by atoms with E-state index in [1.165, 1.54) is 12.1 Å². The average Bonchev–Trinajstić information content (AvgIpc) is 2.19. The smallest absolute Gasteiger partial charge is 0.335 e. The molecule has 0 aliphatic rings. The van der Waals surface area contributed by atoms with Crippen molar-refractivity contribution in [2.45, 2.75) is 19.8 Å². The van der Waals surface area contributed by atoms with E-state index in [4.69, 9.17) is 9.84 Å². The first-order chi connectivity index (χ1) is 6.74. The van der Waals surface area contributed by atoms with Gasteiger partial charge in [0.15, 0.2) is 0 Å². The van der Waals surface area contributed by atoms with E-state index < -0.39 is 5.97 Å². The molecule has 0 unspecified atom stereocenters. The molecule has 0 saturated carbocycles. The van der Waals surface area contributed by atoms with Crippen molar-refractivity contribution in [2.75, 3.05) is 0 Å². The fraction of sp³-hybridized carbons (Fsp3) is 0.273. The SMILES string of the molecule is CCC[CH]Oc1ccc(C(=O)O)cc1. The van der Waals surface area contributed by atoms with E-state index in [1.54, 1.807) is 18.7 Å². The van der Waals surface area contributed by atoms with Crippen molar-refractivity contribution in [3.05, 3.63) is 36.4 Å². The highest BCUT2D eigenvalue weighted by Crippen LogP contribution is 2.13. The maximum atomic E-state index is 10.5. The molecule has 0 heterocycles. The summed E-state index contributed by atoms with van der Waals surface area (Å²) in [5.74, 6) is -0.252. The Kier molecular flexibility index (Phi) is 3.98. The largest absolute Gasteiger partial charge is 0.487 e. The minimum absolute atomic E-state index is 0.271. The summed E-state index contributed by atoms with van der Waals surface area (Å²) in [4.78, 5) is 10.5. The Morgan fingerprint density at radius 3 is 2.57 bits per heavy atom. The van der Waals surface area contributed by atoms with Crippen LogP contribution in [-0.2, 0) is 0 Å². The van der Waals surface area contributed by atoms with Gasteiger partial charge < -0.3 is 9.84 Å². The standard InChI is InChI=1S/C11H13O3/c1-2-3-8-14-10-6-4-9(5-7-10)11(12)13/h4-8H,2-3H2,1H3,(H,12,13). The third kappa shape index (κ3) is 3.09. The molecule has 0 aromatic heterocycles. The number of hydrogen-bond acceptors (Lipinski definition) is 2. The fourth-order valence-electron chi connectivity index (χ4n) is 0.949. The van der Waals surface area contributed by atoms with E-state index in [1.807, 2.05) is 0 Å². The van der Waals surface area contributed by atoms with Gasteiger partial charge >= 0.3 is 5.97 Å². The molecule has 0 spiro atoms. The lowest BCUT2D eigenvalue weighted by atomic mass is 10.2. The molecule has 1 radical (unpaired) electrons. The summed E-state index contributed by atoms with van der Waals surface area (Å²) in [5, 5.41) is 8.64. The van der Waals surface area contributed by atoms with E-state index in [9.17, 15) is 4.79 Å². The van der Waals surface area contributed by atoms with Crippen LogP contribution in [-0.4, -0.2) is 11.1 Å². The molecule has 0 bridgehead atoms. The Bertz CT molecular complexity index is 290. The first kappa shape index (κ1) is 10.6. The van der Waals surface area contributed by atoms with Gasteiger partial charge in [-0.2, -0.15) is 0 Å². The second kappa shape index (κ2) is 5.27. The van der Waals surface area contributed by atoms with Crippen LogP contribution in [0.1, 0.15) is 30.1 Å². The number of aromatic carboxylic acids is 1. The molecule has 0 aliphatic carbocycles. The van der Waals surface area contributed by atoms with Crippen LogP contribution in [0.4, 0.5) is 0 Å². The lowest BCUT2D eigenvalue weighted by molar-refractivity contribution is 0.0697. The summed E-state index contributed by atoms with van der Waals surface area (Å²) >= 11 is 0. The number of benzene rings is 1. The Labute approximate surface area is 83.3 Å². The topological polar surface area (TPSA) is 46.5 Å². The number of ether oxygens (including phenoxy) is 1. The molecule has 1 N–H and O–H groups in total. The van der Waals surface area contributed by atoms with E-state index in [2.05, 4.69) is 6.92 Å². The normalized spacial score (nSPS) is 9.79. The van der Waals surface area contributed by atoms with Crippen molar-refractivity contribution in [1.82, 2.24) is 0 Å². The Morgan fingerprint density at radius 2 is 2.07 bits per heavy atom. The van der Waals surface area contributed by atoms with Crippen molar-refractivity contribution in [2.24, 2.45) is 0 Å². The van der Waals surface area contributed by atoms with Crippen LogP contribution in [0.2, 0.25) is 0 Å². The number of carboxylic acids is 1. The molecule has 3 heteroatoms. The predicted molar refractivity (Wildman–Crippen MR) is 53.2 cm³/mol. The van der Waals surface area contributed by atoms with Crippen LogP contribution in [0.25, 0.3) is 0 Å². The van der Waals surface area contributed by atoms with Gasteiger partial charge in [-0.05, 0) is 30.7 Å². The van der Waals surface area contributed by atoms with Gasteiger partial charge in [0.05, 0.1) is 5.56 Å². The first-order valence-electron chi connectivity index (χ1n) is 4.55. The average molecular weight is 193 g/mol. The molecule has 3 nitrogen and oxygen atoms in total. The summed E-state index contributed by atoms with van der Waals surface area (Å²) < 4.78 is 5.26. The van der Waals surface area contributed by atoms with Gasteiger partial charge in [-0.1, -0.05) is 13.3 Å². The quantitative estimate of drug-likeness (QED) is 0.731. The highest BCUT2D eigenvalue weighted by Gasteiger charge is 2.01. The van der Waals surface area contributed by atoms with Crippen LogP contribution in [0.15, 0.2) is 24.3 Å². The van der Waals surface area contributed by atoms with Crippen molar-refractivity contribution in [3.63, 3.8) is 0 Å². The van der Waals surface area contributed by atoms with Gasteiger partial charge in [0, 0.05) is 0 Å². The van der Waals surface area contributed by atoms with Gasteiger partial charge in [-0.3, -0.25) is 0 Å². The molecule has 75 valence electrons. The van der Waals surface area contributed by atoms with Gasteiger partial charge in [0.2, 0.25) is 0 Å². The summed E-state index contributed by atoms with van der Waals surface area (Å²) in [6.45, 7) is 3.78. The Balaban J connectivity index is 2.51. The maximum Gasteiger partial charge on any atom is 0.335 e. The van der Waals surface area contributed by atoms with E-state index in [0.717, 1.165) is 12.8 Å². The summed E-state index contributed by atoms with van der Waals surface area (Å²) in [6, 6.07) is 6.35. The summed E-state index contributed by atoms with van der Waals surface area (Å²) in [7, 11) is 0. The zero-order valence-electron chi connectivity index (χ0n) is 8.06. The maximum absolute atomic E-state index is 10.5. The van der Waals surface area contributed by atoms with E-state index >= 15 is 0 Å². The van der Waals surface area contributed by atoms with Crippen LogP contribution < -0.4 is 4.74 Å². The second-order valence-electron chi connectivity index (χ2n) is 2.90. The van der Waals surface area contributed by atoms with Crippen LogP contribution in [0, 0.1) is 6.61 Å².